The molecule has 126 heavy (non-hydrogen) atoms. The fourth-order valence-electron chi connectivity index (χ4n) is 18.0. The molecular weight excluding hydrogens is 1550 g/mol. The van der Waals surface area contributed by atoms with E-state index in [2.05, 4.69) is 400 Å². The van der Waals surface area contributed by atoms with Crippen molar-refractivity contribution < 1.29 is 4.42 Å². The minimum atomic E-state index is 0.682. The Balaban J connectivity index is 0.000000145. The first kappa shape index (κ1) is 74.5. The van der Waals surface area contributed by atoms with Gasteiger partial charge in [-0.2, -0.15) is 0 Å². The van der Waals surface area contributed by atoms with Crippen molar-refractivity contribution in [3.63, 3.8) is 0 Å². The third-order valence-corrected chi connectivity index (χ3v) is 25.5. The van der Waals surface area contributed by atoms with Gasteiger partial charge in [-0.3, -0.25) is 0 Å². The van der Waals surface area contributed by atoms with Gasteiger partial charge in [0.05, 0.1) is 45.2 Å². The molecule has 0 fully saturated rings. The lowest BCUT2D eigenvalue weighted by molar-refractivity contribution is 0.670. The van der Waals surface area contributed by atoms with Gasteiger partial charge in [-0.15, -0.1) is 11.3 Å². The van der Waals surface area contributed by atoms with Crippen molar-refractivity contribution in [2.75, 3.05) is 0 Å². The van der Waals surface area contributed by atoms with Crippen LogP contribution in [-0.2, 0) is 0 Å². The molecule has 6 heterocycles. The molecule has 0 radical (unpaired) electrons. The third-order valence-electron chi connectivity index (χ3n) is 24.2. The second kappa shape index (κ2) is 32.1. The van der Waals surface area contributed by atoms with Crippen LogP contribution in [-0.4, -0.2) is 29.9 Å². The maximum absolute atomic E-state index is 6.37. The first-order valence-electron chi connectivity index (χ1n) is 42.5. The number of pyridine rings is 2. The van der Waals surface area contributed by atoms with E-state index >= 15 is 0 Å². The molecule has 0 spiro atoms. The largest absolute Gasteiger partial charge is 0.455 e. The maximum Gasteiger partial charge on any atom is 0.160 e. The molecule has 0 aliphatic heterocycles. The Morgan fingerprint density at radius 2 is 0.500 bits per heavy atom. The SMILES string of the molecule is c1ccc(-c2nc(-c3ccc(-c4ccc5nc(-c6ccccc6)c6cccc(-c7ccccc7)c6c5c4)cc3)cc(-c3ccc(-c4cccc5c4oc4ccccc45)cc3)n2)cc1.c1ccc(-c2nc(-c3ccc(-c4ccc5nc(-c6ccccc6)c6cccc(-c7ccccc7)c6c5c4)cc3)cc(-c3ccc(-c4cccc5c4sc4ccccc45)cc3)n2)cc1. The van der Waals surface area contributed by atoms with Gasteiger partial charge >= 0.3 is 0 Å². The molecule has 8 heteroatoms. The average molecular weight is 1620 g/mol. The van der Waals surface area contributed by atoms with Crippen molar-refractivity contribution in [1.82, 2.24) is 29.9 Å². The summed E-state index contributed by atoms with van der Waals surface area (Å²) in [6, 6.07) is 158. The predicted molar refractivity (Wildman–Crippen MR) is 526 cm³/mol. The van der Waals surface area contributed by atoms with E-state index in [-0.39, 0.29) is 0 Å². The summed E-state index contributed by atoms with van der Waals surface area (Å²) in [5.41, 5.74) is 31.3. The third kappa shape index (κ3) is 14.0. The normalized spacial score (nSPS) is 11.5. The maximum atomic E-state index is 6.37. The number of furan rings is 1. The van der Waals surface area contributed by atoms with Crippen molar-refractivity contribution >= 4 is 96.8 Å². The van der Waals surface area contributed by atoms with Gasteiger partial charge in [0.2, 0.25) is 0 Å². The van der Waals surface area contributed by atoms with Crippen molar-refractivity contribution in [2.45, 2.75) is 0 Å². The Bertz CT molecular complexity index is 7770. The molecule has 24 rings (SSSR count). The molecule has 0 amide bonds. The molecule has 18 aromatic carbocycles. The number of thiophene rings is 1. The second-order valence-corrected chi connectivity index (χ2v) is 32.9. The zero-order valence-electron chi connectivity index (χ0n) is 68.2. The molecule has 0 aliphatic carbocycles. The molecule has 0 aliphatic rings. The zero-order valence-corrected chi connectivity index (χ0v) is 69.0. The van der Waals surface area contributed by atoms with Crippen LogP contribution in [0.25, 0.3) is 243 Å². The summed E-state index contributed by atoms with van der Waals surface area (Å²) in [5.74, 6) is 1.38. The zero-order chi connectivity index (χ0) is 83.4. The molecule has 0 saturated carbocycles. The van der Waals surface area contributed by atoms with Crippen LogP contribution in [0, 0.1) is 0 Å². The Morgan fingerprint density at radius 1 is 0.183 bits per heavy atom. The highest BCUT2D eigenvalue weighted by Crippen LogP contribution is 2.46. The first-order valence-corrected chi connectivity index (χ1v) is 43.3. The van der Waals surface area contributed by atoms with E-state index in [1.165, 1.54) is 64.3 Å². The Morgan fingerprint density at radius 3 is 0.944 bits per heavy atom. The number of para-hydroxylation sites is 2. The summed E-state index contributed by atoms with van der Waals surface area (Å²) in [6.07, 6.45) is 0. The van der Waals surface area contributed by atoms with E-state index in [1.54, 1.807) is 0 Å². The van der Waals surface area contributed by atoms with Crippen molar-refractivity contribution in [1.29, 1.82) is 0 Å². The summed E-state index contributed by atoms with van der Waals surface area (Å²) in [5, 5.41) is 11.8. The van der Waals surface area contributed by atoms with E-state index in [1.807, 2.05) is 59.9 Å². The molecule has 6 aromatic heterocycles. The number of fused-ring (bicyclic) bond motifs is 12. The summed E-state index contributed by atoms with van der Waals surface area (Å²) in [7, 11) is 0. The van der Waals surface area contributed by atoms with E-state index in [9.17, 15) is 0 Å². The molecular formula is C118H74N6OS. The van der Waals surface area contributed by atoms with E-state index in [0.29, 0.717) is 11.6 Å². The standard InChI is InChI=1S/C59H37N3O.C59H37N3S/c2*1-4-14-39(15-5-1)46-21-12-24-50-56(46)51-36-45(34-35-52(51)60-57(50)43-16-6-2-7-17-43)38-26-30-41(31-27-38)53-37-54(62-59(61-53)44-18-8-3-9-19-44)42-32-28-40(29-33-42)47-22-13-23-49-48-20-10-11-25-55(48)63-58(47)49/h2*1-37H. The highest BCUT2D eigenvalue weighted by molar-refractivity contribution is 7.26. The van der Waals surface area contributed by atoms with Crippen LogP contribution in [0.1, 0.15) is 0 Å². The Hall–Kier alpha value is -16.5. The number of hydrogen-bond acceptors (Lipinski definition) is 8. The molecule has 588 valence electrons. The molecule has 0 unspecified atom stereocenters. The summed E-state index contributed by atoms with van der Waals surface area (Å²) in [6.45, 7) is 0. The van der Waals surface area contributed by atoms with Crippen LogP contribution >= 0.6 is 11.3 Å². The summed E-state index contributed by atoms with van der Waals surface area (Å²) >= 11 is 1.86. The molecule has 24 aromatic rings. The van der Waals surface area contributed by atoms with Gasteiger partial charge in [0.15, 0.2) is 11.6 Å². The minimum absolute atomic E-state index is 0.682. The topological polar surface area (TPSA) is 90.5 Å². The van der Waals surface area contributed by atoms with Crippen LogP contribution in [0.3, 0.4) is 0 Å². The highest BCUT2D eigenvalue weighted by Gasteiger charge is 2.22. The molecule has 0 saturated heterocycles. The first-order chi connectivity index (χ1) is 62.4. The molecule has 0 bridgehead atoms. The lowest BCUT2D eigenvalue weighted by atomic mass is 9.91. The van der Waals surface area contributed by atoms with Gasteiger partial charge in [-0.05, 0) is 110 Å². The van der Waals surface area contributed by atoms with Gasteiger partial charge < -0.3 is 4.42 Å². The monoisotopic (exact) mass is 1620 g/mol. The Kier molecular flexibility index (Phi) is 19.0. The van der Waals surface area contributed by atoms with Gasteiger partial charge in [-0.1, -0.05) is 400 Å². The predicted octanol–water partition coefficient (Wildman–Crippen LogP) is 32.0. The van der Waals surface area contributed by atoms with Crippen LogP contribution in [0.15, 0.2) is 453 Å². The number of rotatable bonds is 14. The molecule has 0 N–H and O–H groups in total. The van der Waals surface area contributed by atoms with E-state index in [0.717, 1.165) is 167 Å². The number of aromatic nitrogens is 6. The highest BCUT2D eigenvalue weighted by atomic mass is 32.1. The number of nitrogens with zero attached hydrogens (tertiary/aromatic N) is 6. The molecule has 7 nitrogen and oxygen atoms in total. The molecule has 0 atom stereocenters. The van der Waals surface area contributed by atoms with Gasteiger partial charge in [-0.25, -0.2) is 29.9 Å². The van der Waals surface area contributed by atoms with Crippen LogP contribution in [0.2, 0.25) is 0 Å². The van der Waals surface area contributed by atoms with Crippen LogP contribution < -0.4 is 0 Å². The quantitative estimate of drug-likeness (QED) is 0.100. The summed E-state index contributed by atoms with van der Waals surface area (Å²) < 4.78 is 9.00. The average Bonchev–Trinajstić information content (AvgIpc) is 1.09. The van der Waals surface area contributed by atoms with Crippen LogP contribution in [0.4, 0.5) is 0 Å². The van der Waals surface area contributed by atoms with Crippen LogP contribution in [0.5, 0.6) is 0 Å². The summed E-state index contributed by atoms with van der Waals surface area (Å²) in [4.78, 5) is 31.1. The van der Waals surface area contributed by atoms with E-state index < -0.39 is 0 Å². The lowest BCUT2D eigenvalue weighted by Crippen LogP contribution is -1.96. The fourth-order valence-corrected chi connectivity index (χ4v) is 19.2. The van der Waals surface area contributed by atoms with Crippen molar-refractivity contribution in [2.24, 2.45) is 0 Å². The minimum Gasteiger partial charge on any atom is -0.455 e. The van der Waals surface area contributed by atoms with Gasteiger partial charge in [0.1, 0.15) is 11.2 Å². The van der Waals surface area contributed by atoms with Gasteiger partial charge in [0.25, 0.3) is 0 Å². The Labute approximate surface area is 731 Å². The number of benzene rings is 18. The lowest BCUT2D eigenvalue weighted by Gasteiger charge is -2.15. The van der Waals surface area contributed by atoms with Crippen molar-refractivity contribution in [3.8, 4) is 157 Å². The fraction of sp³-hybridized carbons (Fsp3) is 0. The van der Waals surface area contributed by atoms with E-state index in [4.69, 9.17) is 34.3 Å². The smallest absolute Gasteiger partial charge is 0.160 e. The van der Waals surface area contributed by atoms with Crippen molar-refractivity contribution in [3.05, 3.63) is 449 Å². The number of hydrogen-bond donors (Lipinski definition) is 0. The second-order valence-electron chi connectivity index (χ2n) is 31.8. The van der Waals surface area contributed by atoms with Gasteiger partial charge in [0, 0.05) is 113 Å².